The number of fused-ring (bicyclic) bond motifs is 2. The molecule has 0 radical (unpaired) electrons. The van der Waals surface area contributed by atoms with Crippen molar-refractivity contribution in [1.29, 1.82) is 0 Å². The Morgan fingerprint density at radius 1 is 1.06 bits per heavy atom. The van der Waals surface area contributed by atoms with Gasteiger partial charge in [0.2, 0.25) is 0 Å². The summed E-state index contributed by atoms with van der Waals surface area (Å²) in [5.74, 6) is 0. The molecule has 17 heavy (non-hydrogen) atoms. The second-order valence-electron chi connectivity index (χ2n) is 6.06. The quantitative estimate of drug-likeness (QED) is 0.811. The van der Waals surface area contributed by atoms with Crippen LogP contribution in [0, 0.1) is 0 Å². The van der Waals surface area contributed by atoms with Gasteiger partial charge in [0, 0.05) is 31.3 Å². The van der Waals surface area contributed by atoms with Crippen LogP contribution in [0.4, 0.5) is 0 Å². The van der Waals surface area contributed by atoms with Gasteiger partial charge >= 0.3 is 0 Å². The molecule has 3 heteroatoms. The lowest BCUT2D eigenvalue weighted by Gasteiger charge is -2.44. The second kappa shape index (κ2) is 4.87. The summed E-state index contributed by atoms with van der Waals surface area (Å²) in [5.41, 5.74) is 0. The molecule has 3 nitrogen and oxygen atoms in total. The van der Waals surface area contributed by atoms with E-state index < -0.39 is 0 Å². The molecule has 1 N–H and O–H groups in total. The maximum absolute atomic E-state index is 5.70. The van der Waals surface area contributed by atoms with Crippen LogP contribution in [0.1, 0.15) is 44.9 Å². The number of methoxy groups -OCH3 is 1. The van der Waals surface area contributed by atoms with Crippen LogP contribution >= 0.6 is 0 Å². The van der Waals surface area contributed by atoms with E-state index in [1.54, 1.807) is 0 Å². The molecule has 98 valence electrons. The lowest BCUT2D eigenvalue weighted by molar-refractivity contribution is -0.00880. The van der Waals surface area contributed by atoms with E-state index in [-0.39, 0.29) is 0 Å². The summed E-state index contributed by atoms with van der Waals surface area (Å²) >= 11 is 0. The van der Waals surface area contributed by atoms with Crippen molar-refractivity contribution < 1.29 is 4.74 Å². The third kappa shape index (κ3) is 2.02. The molecule has 0 aromatic rings. The molecule has 0 aromatic carbocycles. The molecule has 0 amide bonds. The van der Waals surface area contributed by atoms with Crippen LogP contribution in [-0.2, 0) is 4.74 Å². The molecule has 1 aliphatic carbocycles. The Bertz CT molecular complexity index is 257. The summed E-state index contributed by atoms with van der Waals surface area (Å²) in [4.78, 5) is 2.84. The maximum Gasteiger partial charge on any atom is 0.0726 e. The monoisotopic (exact) mass is 238 g/mol. The van der Waals surface area contributed by atoms with Gasteiger partial charge in [-0.05, 0) is 52.0 Å². The third-order valence-electron chi connectivity index (χ3n) is 5.30. The number of rotatable bonds is 3. The van der Waals surface area contributed by atoms with Gasteiger partial charge in [0.1, 0.15) is 0 Å². The van der Waals surface area contributed by atoms with E-state index >= 15 is 0 Å². The Morgan fingerprint density at radius 2 is 1.76 bits per heavy atom. The van der Waals surface area contributed by atoms with Crippen LogP contribution in [0.5, 0.6) is 0 Å². The zero-order valence-electron chi connectivity index (χ0n) is 11.2. The zero-order valence-corrected chi connectivity index (χ0v) is 11.2. The lowest BCUT2D eigenvalue weighted by Crippen LogP contribution is -2.54. The summed E-state index contributed by atoms with van der Waals surface area (Å²) in [6, 6.07) is 3.13. The van der Waals surface area contributed by atoms with E-state index in [0.29, 0.717) is 6.10 Å². The first-order valence-electron chi connectivity index (χ1n) is 7.31. The first-order valence-corrected chi connectivity index (χ1v) is 7.31. The normalized spacial score (nSPS) is 46.6. The van der Waals surface area contributed by atoms with Crippen molar-refractivity contribution in [2.75, 3.05) is 14.2 Å². The van der Waals surface area contributed by atoms with Gasteiger partial charge in [-0.2, -0.15) is 0 Å². The molecule has 4 atom stereocenters. The second-order valence-corrected chi connectivity index (χ2v) is 6.06. The van der Waals surface area contributed by atoms with Crippen molar-refractivity contribution in [2.24, 2.45) is 0 Å². The van der Waals surface area contributed by atoms with Gasteiger partial charge in [0.25, 0.3) is 0 Å². The van der Waals surface area contributed by atoms with Crippen molar-refractivity contribution in [3.63, 3.8) is 0 Å². The van der Waals surface area contributed by atoms with Gasteiger partial charge in [0.05, 0.1) is 6.10 Å². The highest BCUT2D eigenvalue weighted by Crippen LogP contribution is 2.41. The van der Waals surface area contributed by atoms with Crippen LogP contribution in [0.15, 0.2) is 0 Å². The Balaban J connectivity index is 1.72. The summed E-state index contributed by atoms with van der Waals surface area (Å²) in [6.45, 7) is 0. The fourth-order valence-electron chi connectivity index (χ4n) is 4.51. The fourth-order valence-corrected chi connectivity index (χ4v) is 4.51. The summed E-state index contributed by atoms with van der Waals surface area (Å²) in [5, 5.41) is 3.48. The minimum absolute atomic E-state index is 0.504. The minimum atomic E-state index is 0.504. The van der Waals surface area contributed by atoms with Gasteiger partial charge in [-0.3, -0.25) is 4.90 Å². The molecule has 0 spiro atoms. The number of nitrogens with one attached hydrogen (secondary N) is 1. The molecule has 2 saturated heterocycles. The van der Waals surface area contributed by atoms with E-state index in [2.05, 4.69) is 17.3 Å². The average molecular weight is 238 g/mol. The standard InChI is InChI=1S/C14H26N2O/c1-15-10-8-11-6-7-12(9-10)16(11)13-4-3-5-14(13)17-2/h10-15H,3-9H2,1-2H3. The van der Waals surface area contributed by atoms with Crippen molar-refractivity contribution in [3.8, 4) is 0 Å². The summed E-state index contributed by atoms with van der Waals surface area (Å²) in [6.07, 6.45) is 10.0. The van der Waals surface area contributed by atoms with E-state index in [1.165, 1.54) is 44.9 Å². The van der Waals surface area contributed by atoms with E-state index in [1.807, 2.05) is 7.11 Å². The first-order chi connectivity index (χ1) is 8.33. The SMILES string of the molecule is CNC1CC2CCC(C1)N2C1CCCC1OC. The van der Waals surface area contributed by atoms with Crippen molar-refractivity contribution in [1.82, 2.24) is 10.2 Å². The third-order valence-corrected chi connectivity index (χ3v) is 5.30. The Kier molecular flexibility index (Phi) is 3.42. The highest BCUT2D eigenvalue weighted by Gasteiger charge is 2.46. The summed E-state index contributed by atoms with van der Waals surface area (Å²) in [7, 11) is 4.01. The summed E-state index contributed by atoms with van der Waals surface area (Å²) < 4.78 is 5.70. The topological polar surface area (TPSA) is 24.5 Å². The molecule has 3 rings (SSSR count). The smallest absolute Gasteiger partial charge is 0.0726 e. The van der Waals surface area contributed by atoms with Crippen LogP contribution < -0.4 is 5.32 Å². The van der Waals surface area contributed by atoms with E-state index in [4.69, 9.17) is 4.74 Å². The highest BCUT2D eigenvalue weighted by atomic mass is 16.5. The molecule has 3 fully saturated rings. The first kappa shape index (κ1) is 11.9. The van der Waals surface area contributed by atoms with E-state index in [0.717, 1.165) is 24.2 Å². The average Bonchev–Trinajstić information content (AvgIpc) is 2.90. The maximum atomic E-state index is 5.70. The van der Waals surface area contributed by atoms with Crippen molar-refractivity contribution in [3.05, 3.63) is 0 Å². The van der Waals surface area contributed by atoms with E-state index in [9.17, 15) is 0 Å². The highest BCUT2D eigenvalue weighted by molar-refractivity contribution is 5.02. The molecular weight excluding hydrogens is 212 g/mol. The molecule has 0 aromatic heterocycles. The molecule has 2 heterocycles. The minimum Gasteiger partial charge on any atom is -0.380 e. The fraction of sp³-hybridized carbons (Fsp3) is 1.00. The van der Waals surface area contributed by atoms with Crippen LogP contribution in [0.2, 0.25) is 0 Å². The number of piperidine rings is 1. The number of hydrogen-bond donors (Lipinski definition) is 1. The van der Waals surface area contributed by atoms with Crippen LogP contribution in [0.25, 0.3) is 0 Å². The Hall–Kier alpha value is -0.120. The molecule has 1 saturated carbocycles. The molecular formula is C14H26N2O. The van der Waals surface area contributed by atoms with Crippen LogP contribution in [-0.4, -0.2) is 49.3 Å². The molecule has 2 bridgehead atoms. The van der Waals surface area contributed by atoms with Crippen LogP contribution in [0.3, 0.4) is 0 Å². The Labute approximate surface area is 105 Å². The lowest BCUT2D eigenvalue weighted by atomic mass is 9.94. The molecule has 3 aliphatic rings. The van der Waals surface area contributed by atoms with Crippen molar-refractivity contribution >= 4 is 0 Å². The number of nitrogens with zero attached hydrogens (tertiary/aromatic N) is 1. The van der Waals surface area contributed by atoms with Crippen molar-refractivity contribution in [2.45, 2.75) is 75.2 Å². The largest absolute Gasteiger partial charge is 0.380 e. The predicted octanol–water partition coefficient (Wildman–Crippen LogP) is 1.77. The number of hydrogen-bond acceptors (Lipinski definition) is 3. The van der Waals surface area contributed by atoms with Gasteiger partial charge in [-0.15, -0.1) is 0 Å². The molecule has 4 unspecified atom stereocenters. The number of ether oxygens (including phenoxy) is 1. The Morgan fingerprint density at radius 3 is 2.35 bits per heavy atom. The van der Waals surface area contributed by atoms with Gasteiger partial charge in [-0.25, -0.2) is 0 Å². The molecule has 2 aliphatic heterocycles. The predicted molar refractivity (Wildman–Crippen MR) is 69.2 cm³/mol. The van der Waals surface area contributed by atoms with Gasteiger partial charge < -0.3 is 10.1 Å². The van der Waals surface area contributed by atoms with Gasteiger partial charge in [-0.1, -0.05) is 0 Å². The van der Waals surface area contributed by atoms with Gasteiger partial charge in [0.15, 0.2) is 0 Å². The zero-order chi connectivity index (χ0) is 11.8.